The van der Waals surface area contributed by atoms with E-state index in [4.69, 9.17) is 0 Å². The Hall–Kier alpha value is -2.99. The van der Waals surface area contributed by atoms with E-state index in [1.807, 2.05) is 31.6 Å². The van der Waals surface area contributed by atoms with Gasteiger partial charge in [-0.25, -0.2) is 13.8 Å². The molecule has 4 aromatic rings. The van der Waals surface area contributed by atoms with Gasteiger partial charge in [-0.1, -0.05) is 12.1 Å². The van der Waals surface area contributed by atoms with Crippen molar-refractivity contribution in [2.45, 2.75) is 33.0 Å². The number of nitrogens with zero attached hydrogens (tertiary/aromatic N) is 3. The van der Waals surface area contributed by atoms with Gasteiger partial charge in [-0.05, 0) is 54.8 Å². The van der Waals surface area contributed by atoms with Crippen LogP contribution in [-0.2, 0) is 19.6 Å². The summed E-state index contributed by atoms with van der Waals surface area (Å²) in [5.74, 6) is -0.455. The normalized spacial score (nSPS) is 11.6. The second-order valence-corrected chi connectivity index (χ2v) is 7.41. The van der Waals surface area contributed by atoms with Crippen molar-refractivity contribution in [2.75, 3.05) is 6.54 Å². The molecule has 0 aliphatic rings. The molecule has 29 heavy (non-hydrogen) atoms. The summed E-state index contributed by atoms with van der Waals surface area (Å²) in [6.07, 6.45) is 6.52. The lowest BCUT2D eigenvalue weighted by atomic mass is 10.1. The number of fused-ring (bicyclic) bond motifs is 1. The van der Waals surface area contributed by atoms with Crippen LogP contribution in [0.4, 0.5) is 8.78 Å². The van der Waals surface area contributed by atoms with Crippen LogP contribution in [0, 0.1) is 18.6 Å². The molecule has 0 saturated carbocycles. The Morgan fingerprint density at radius 2 is 1.83 bits per heavy atom. The van der Waals surface area contributed by atoms with Crippen LogP contribution >= 0.6 is 0 Å². The smallest absolute Gasteiger partial charge is 0.123 e. The molecular weight excluding hydrogens is 370 g/mol. The number of halogens is 2. The Morgan fingerprint density at radius 1 is 1.03 bits per heavy atom. The number of aromatic amines is 1. The second-order valence-electron chi connectivity index (χ2n) is 7.41. The molecule has 0 aliphatic carbocycles. The third kappa shape index (κ3) is 4.71. The number of aromatic nitrogens is 3. The summed E-state index contributed by atoms with van der Waals surface area (Å²) in [6, 6.07) is 11.5. The maximum Gasteiger partial charge on any atom is 0.123 e. The Morgan fingerprint density at radius 3 is 2.59 bits per heavy atom. The zero-order chi connectivity index (χ0) is 20.2. The molecule has 0 atom stereocenters. The van der Waals surface area contributed by atoms with Crippen LogP contribution in [0.3, 0.4) is 0 Å². The monoisotopic (exact) mass is 394 g/mol. The van der Waals surface area contributed by atoms with Gasteiger partial charge in [-0.15, -0.1) is 0 Å². The molecule has 0 radical (unpaired) electrons. The molecule has 2 aromatic carbocycles. The highest BCUT2D eigenvalue weighted by atomic mass is 19.1. The molecular formula is C23H24F2N4. The fraction of sp³-hybridized carbons (Fsp3) is 0.261. The molecule has 0 fully saturated rings. The fourth-order valence-corrected chi connectivity index (χ4v) is 3.69. The van der Waals surface area contributed by atoms with Crippen molar-refractivity contribution < 1.29 is 8.78 Å². The summed E-state index contributed by atoms with van der Waals surface area (Å²) < 4.78 is 29.0. The van der Waals surface area contributed by atoms with Crippen LogP contribution in [0.25, 0.3) is 10.9 Å². The van der Waals surface area contributed by atoms with Gasteiger partial charge in [0.1, 0.15) is 11.6 Å². The Kier molecular flexibility index (Phi) is 5.71. The third-order valence-electron chi connectivity index (χ3n) is 5.27. The van der Waals surface area contributed by atoms with E-state index in [0.717, 1.165) is 47.2 Å². The first kappa shape index (κ1) is 19.3. The molecule has 0 aliphatic heterocycles. The van der Waals surface area contributed by atoms with Gasteiger partial charge < -0.3 is 9.55 Å². The number of aryl methyl sites for hydroxylation is 2. The molecule has 4 nitrogen and oxygen atoms in total. The zero-order valence-electron chi connectivity index (χ0n) is 16.4. The average Bonchev–Trinajstić information content (AvgIpc) is 3.33. The minimum absolute atomic E-state index is 0.227. The van der Waals surface area contributed by atoms with Gasteiger partial charge in [0.05, 0.1) is 6.33 Å². The van der Waals surface area contributed by atoms with Crippen LogP contribution < -0.4 is 0 Å². The first-order valence-corrected chi connectivity index (χ1v) is 9.78. The Labute approximate surface area is 168 Å². The van der Waals surface area contributed by atoms with Crippen molar-refractivity contribution >= 4 is 10.9 Å². The predicted octanol–water partition coefficient (Wildman–Crippen LogP) is 5.04. The molecule has 2 aromatic heterocycles. The summed E-state index contributed by atoms with van der Waals surface area (Å²) >= 11 is 0. The number of H-pyrrole nitrogens is 1. The van der Waals surface area contributed by atoms with E-state index in [-0.39, 0.29) is 11.6 Å². The molecule has 1 N–H and O–H groups in total. The van der Waals surface area contributed by atoms with Crippen molar-refractivity contribution in [3.8, 4) is 0 Å². The molecule has 0 spiro atoms. The van der Waals surface area contributed by atoms with Gasteiger partial charge in [0.15, 0.2) is 0 Å². The number of rotatable bonds is 8. The van der Waals surface area contributed by atoms with E-state index in [1.165, 1.54) is 18.2 Å². The van der Waals surface area contributed by atoms with Crippen LogP contribution in [0.5, 0.6) is 0 Å². The van der Waals surface area contributed by atoms with Crippen molar-refractivity contribution in [3.05, 3.63) is 89.6 Å². The maximum absolute atomic E-state index is 13.6. The van der Waals surface area contributed by atoms with Gasteiger partial charge in [-0.2, -0.15) is 0 Å². The minimum atomic E-state index is -0.228. The number of imidazole rings is 1. The number of hydrogen-bond acceptors (Lipinski definition) is 2. The number of nitrogens with one attached hydrogen (secondary N) is 1. The van der Waals surface area contributed by atoms with Crippen LogP contribution in [-0.4, -0.2) is 26.0 Å². The standard InChI is InChI=1S/C23H24F2N4/c1-17-21-13-20(25)7-8-22(21)27-23(17)15-29(11-2-10-28-12-9-26-16-28)14-18-3-5-19(24)6-4-18/h3-9,12-13,16,27H,2,10-11,14-15H2,1H3. The van der Waals surface area contributed by atoms with Gasteiger partial charge in [0.25, 0.3) is 0 Å². The lowest BCUT2D eigenvalue weighted by molar-refractivity contribution is 0.245. The molecule has 150 valence electrons. The van der Waals surface area contributed by atoms with E-state index in [0.29, 0.717) is 13.1 Å². The van der Waals surface area contributed by atoms with Crippen molar-refractivity contribution in [1.82, 2.24) is 19.4 Å². The summed E-state index contributed by atoms with van der Waals surface area (Å²) in [5, 5.41) is 0.917. The van der Waals surface area contributed by atoms with E-state index in [2.05, 4.69) is 19.4 Å². The molecule has 0 bridgehead atoms. The zero-order valence-corrected chi connectivity index (χ0v) is 16.4. The first-order chi connectivity index (χ1) is 14.1. The third-order valence-corrected chi connectivity index (χ3v) is 5.27. The van der Waals surface area contributed by atoms with Gasteiger partial charge in [0, 0.05) is 55.2 Å². The lowest BCUT2D eigenvalue weighted by Gasteiger charge is -2.22. The molecule has 0 amide bonds. The summed E-state index contributed by atoms with van der Waals surface area (Å²) in [6.45, 7) is 5.21. The molecule has 4 rings (SSSR count). The van der Waals surface area contributed by atoms with Crippen LogP contribution in [0.15, 0.2) is 61.2 Å². The topological polar surface area (TPSA) is 36.9 Å². The van der Waals surface area contributed by atoms with E-state index < -0.39 is 0 Å². The molecule has 0 unspecified atom stereocenters. The fourth-order valence-electron chi connectivity index (χ4n) is 3.69. The van der Waals surface area contributed by atoms with Crippen LogP contribution in [0.1, 0.15) is 23.2 Å². The molecule has 0 saturated heterocycles. The highest BCUT2D eigenvalue weighted by Gasteiger charge is 2.13. The average molecular weight is 394 g/mol. The second kappa shape index (κ2) is 8.57. The van der Waals surface area contributed by atoms with Crippen molar-refractivity contribution in [1.29, 1.82) is 0 Å². The van der Waals surface area contributed by atoms with Crippen molar-refractivity contribution in [2.24, 2.45) is 0 Å². The van der Waals surface area contributed by atoms with Crippen LogP contribution in [0.2, 0.25) is 0 Å². The van der Waals surface area contributed by atoms with E-state index >= 15 is 0 Å². The molecule has 6 heteroatoms. The summed E-state index contributed by atoms with van der Waals surface area (Å²) in [4.78, 5) is 9.85. The van der Waals surface area contributed by atoms with Crippen molar-refractivity contribution in [3.63, 3.8) is 0 Å². The largest absolute Gasteiger partial charge is 0.357 e. The Balaban J connectivity index is 1.52. The maximum atomic E-state index is 13.6. The highest BCUT2D eigenvalue weighted by Crippen LogP contribution is 2.24. The number of benzene rings is 2. The van der Waals surface area contributed by atoms with E-state index in [9.17, 15) is 8.78 Å². The van der Waals surface area contributed by atoms with Gasteiger partial charge in [-0.3, -0.25) is 4.90 Å². The number of hydrogen-bond donors (Lipinski definition) is 1. The van der Waals surface area contributed by atoms with E-state index in [1.54, 1.807) is 18.3 Å². The molecule has 2 heterocycles. The first-order valence-electron chi connectivity index (χ1n) is 9.78. The SMILES string of the molecule is Cc1c(CN(CCCn2ccnc2)Cc2ccc(F)cc2)[nH]c2ccc(F)cc12. The minimum Gasteiger partial charge on any atom is -0.357 e. The van der Waals surface area contributed by atoms with Gasteiger partial charge >= 0.3 is 0 Å². The predicted molar refractivity (Wildman–Crippen MR) is 110 cm³/mol. The quantitative estimate of drug-likeness (QED) is 0.454. The highest BCUT2D eigenvalue weighted by molar-refractivity contribution is 5.84. The Bertz CT molecular complexity index is 1070. The summed E-state index contributed by atoms with van der Waals surface area (Å²) in [7, 11) is 0. The lowest BCUT2D eigenvalue weighted by Crippen LogP contribution is -2.25. The summed E-state index contributed by atoms with van der Waals surface area (Å²) in [5.41, 5.74) is 4.15. The van der Waals surface area contributed by atoms with Gasteiger partial charge in [0.2, 0.25) is 0 Å².